The lowest BCUT2D eigenvalue weighted by molar-refractivity contribution is 0.822. The average Bonchev–Trinajstić information content (AvgIpc) is 2.90. The zero-order valence-corrected chi connectivity index (χ0v) is 13.9. The highest BCUT2D eigenvalue weighted by molar-refractivity contribution is 9.10. The Balaban J connectivity index is 2.31. The Hall–Kier alpha value is -1.11. The Morgan fingerprint density at radius 2 is 2.05 bits per heavy atom. The summed E-state index contributed by atoms with van der Waals surface area (Å²) in [5.74, 6) is 0.874. The first-order valence-corrected chi connectivity index (χ1v) is 8.75. The number of nitrogens with zero attached hydrogens (tertiary/aromatic N) is 2. The first-order valence-electron chi connectivity index (χ1n) is 6.09. The summed E-state index contributed by atoms with van der Waals surface area (Å²) < 4.78 is 3.39. The van der Waals surface area contributed by atoms with Crippen molar-refractivity contribution in [2.75, 3.05) is 5.75 Å². The normalized spacial score (nSPS) is 11.1. The van der Waals surface area contributed by atoms with E-state index in [1.807, 2.05) is 35.7 Å². The average molecular weight is 367 g/mol. The second-order valence-electron chi connectivity index (χ2n) is 4.08. The van der Waals surface area contributed by atoms with Crippen LogP contribution in [0.3, 0.4) is 0 Å². The summed E-state index contributed by atoms with van der Waals surface area (Å²) in [7, 11) is 0. The van der Waals surface area contributed by atoms with Crippen LogP contribution in [0.1, 0.15) is 6.92 Å². The van der Waals surface area contributed by atoms with Crippen LogP contribution in [0.25, 0.3) is 15.9 Å². The minimum absolute atomic E-state index is 0.00303. The Morgan fingerprint density at radius 3 is 2.75 bits per heavy atom. The van der Waals surface area contributed by atoms with E-state index in [0.29, 0.717) is 4.70 Å². The number of benzene rings is 1. The third-order valence-corrected chi connectivity index (χ3v) is 5.05. The highest BCUT2D eigenvalue weighted by Crippen LogP contribution is 2.24. The van der Waals surface area contributed by atoms with Crippen LogP contribution in [-0.2, 0) is 0 Å². The van der Waals surface area contributed by atoms with Gasteiger partial charge in [0.15, 0.2) is 5.16 Å². The molecule has 0 saturated carbocycles. The summed E-state index contributed by atoms with van der Waals surface area (Å²) in [4.78, 5) is 17.3. The van der Waals surface area contributed by atoms with E-state index in [9.17, 15) is 4.79 Å². The standard InChI is InChI=1S/C14H11BrN2OS2/c1-2-19-14-16-11-7-8-20-12(11)13(18)17(14)10-5-3-9(15)4-6-10/h3-8H,2H2,1H3. The SMILES string of the molecule is CCSc1nc2ccsc2c(=O)n1-c1ccc(Br)cc1. The van der Waals surface area contributed by atoms with Crippen molar-refractivity contribution in [3.05, 3.63) is 50.5 Å². The van der Waals surface area contributed by atoms with Crippen LogP contribution in [0.4, 0.5) is 0 Å². The van der Waals surface area contributed by atoms with Gasteiger partial charge in [0.1, 0.15) is 4.70 Å². The first-order chi connectivity index (χ1) is 9.70. The number of aromatic nitrogens is 2. The van der Waals surface area contributed by atoms with Crippen LogP contribution in [-0.4, -0.2) is 15.3 Å². The maximum Gasteiger partial charge on any atom is 0.276 e. The van der Waals surface area contributed by atoms with Crippen LogP contribution in [0.2, 0.25) is 0 Å². The zero-order valence-electron chi connectivity index (χ0n) is 10.7. The molecule has 0 amide bonds. The molecule has 0 bridgehead atoms. The molecule has 0 unspecified atom stereocenters. The molecule has 2 aromatic heterocycles. The molecule has 3 aromatic rings. The summed E-state index contributed by atoms with van der Waals surface area (Å²) >= 11 is 6.43. The van der Waals surface area contributed by atoms with Gasteiger partial charge in [-0.1, -0.05) is 34.6 Å². The maximum atomic E-state index is 12.7. The number of hydrogen-bond donors (Lipinski definition) is 0. The predicted molar refractivity (Wildman–Crippen MR) is 89.3 cm³/mol. The van der Waals surface area contributed by atoms with E-state index in [2.05, 4.69) is 27.8 Å². The third-order valence-electron chi connectivity index (χ3n) is 2.81. The van der Waals surface area contributed by atoms with Gasteiger partial charge in [-0.25, -0.2) is 4.98 Å². The topological polar surface area (TPSA) is 34.9 Å². The number of thioether (sulfide) groups is 1. The molecular weight excluding hydrogens is 356 g/mol. The molecule has 0 fully saturated rings. The van der Waals surface area contributed by atoms with E-state index in [4.69, 9.17) is 0 Å². The fourth-order valence-corrected chi connectivity index (χ4v) is 3.70. The number of rotatable bonds is 3. The monoisotopic (exact) mass is 366 g/mol. The molecule has 3 rings (SSSR count). The summed E-state index contributed by atoms with van der Waals surface area (Å²) in [5.41, 5.74) is 1.63. The van der Waals surface area contributed by atoms with E-state index < -0.39 is 0 Å². The molecule has 0 aliphatic rings. The first kappa shape index (κ1) is 13.9. The Morgan fingerprint density at radius 1 is 1.30 bits per heavy atom. The molecule has 0 aliphatic heterocycles. The van der Waals surface area contributed by atoms with E-state index in [0.717, 1.165) is 26.6 Å². The van der Waals surface area contributed by atoms with Gasteiger partial charge in [-0.3, -0.25) is 9.36 Å². The Bertz CT molecular complexity index is 808. The predicted octanol–water partition coefficient (Wildman–Crippen LogP) is 4.32. The van der Waals surface area contributed by atoms with Gasteiger partial charge < -0.3 is 0 Å². The quantitative estimate of drug-likeness (QED) is 0.511. The number of hydrogen-bond acceptors (Lipinski definition) is 4. The van der Waals surface area contributed by atoms with Crippen LogP contribution in [0, 0.1) is 0 Å². The van der Waals surface area contributed by atoms with Crippen LogP contribution < -0.4 is 5.56 Å². The summed E-state index contributed by atoms with van der Waals surface area (Å²) in [6.45, 7) is 2.06. The number of thiophene rings is 1. The summed E-state index contributed by atoms with van der Waals surface area (Å²) in [6.07, 6.45) is 0. The molecule has 0 N–H and O–H groups in total. The highest BCUT2D eigenvalue weighted by Gasteiger charge is 2.13. The largest absolute Gasteiger partial charge is 0.276 e. The third kappa shape index (κ3) is 2.43. The maximum absolute atomic E-state index is 12.7. The smallest absolute Gasteiger partial charge is 0.267 e. The number of halogens is 1. The molecular formula is C14H11BrN2OS2. The molecule has 1 aromatic carbocycles. The Kier molecular flexibility index (Phi) is 3.96. The van der Waals surface area contributed by atoms with Crippen molar-refractivity contribution in [2.45, 2.75) is 12.1 Å². The molecule has 0 atom stereocenters. The van der Waals surface area contributed by atoms with Crippen LogP contribution in [0.5, 0.6) is 0 Å². The highest BCUT2D eigenvalue weighted by atomic mass is 79.9. The molecule has 102 valence electrons. The summed E-state index contributed by atoms with van der Waals surface area (Å²) in [6, 6.07) is 9.60. The van der Waals surface area contributed by atoms with Crippen LogP contribution >= 0.6 is 39.0 Å². The van der Waals surface area contributed by atoms with E-state index in [-0.39, 0.29) is 5.56 Å². The van der Waals surface area contributed by atoms with Gasteiger partial charge in [0.25, 0.3) is 5.56 Å². The lowest BCUT2D eigenvalue weighted by Crippen LogP contribution is -2.20. The summed E-state index contributed by atoms with van der Waals surface area (Å²) in [5, 5.41) is 2.65. The molecule has 3 nitrogen and oxygen atoms in total. The van der Waals surface area contributed by atoms with Crippen molar-refractivity contribution >= 4 is 49.2 Å². The second kappa shape index (κ2) is 5.71. The molecule has 0 aliphatic carbocycles. The minimum Gasteiger partial charge on any atom is -0.267 e. The Labute approximate surface area is 132 Å². The molecule has 0 saturated heterocycles. The van der Waals surface area contributed by atoms with Crippen LogP contribution in [0.15, 0.2) is 50.1 Å². The van der Waals surface area contributed by atoms with Gasteiger partial charge in [-0.15, -0.1) is 11.3 Å². The minimum atomic E-state index is 0.00303. The fraction of sp³-hybridized carbons (Fsp3) is 0.143. The lowest BCUT2D eigenvalue weighted by atomic mass is 10.3. The van der Waals surface area contributed by atoms with Gasteiger partial charge in [-0.05, 0) is 41.5 Å². The molecule has 0 radical (unpaired) electrons. The molecule has 6 heteroatoms. The van der Waals surface area contributed by atoms with Gasteiger partial charge in [0.05, 0.1) is 11.2 Å². The van der Waals surface area contributed by atoms with Gasteiger partial charge in [0.2, 0.25) is 0 Å². The van der Waals surface area contributed by atoms with E-state index in [1.165, 1.54) is 11.3 Å². The van der Waals surface area contributed by atoms with E-state index >= 15 is 0 Å². The molecule has 0 spiro atoms. The number of fused-ring (bicyclic) bond motifs is 1. The van der Waals surface area contributed by atoms with Gasteiger partial charge in [0, 0.05) is 4.47 Å². The molecule has 2 heterocycles. The lowest BCUT2D eigenvalue weighted by Gasteiger charge is -2.11. The van der Waals surface area contributed by atoms with Crippen molar-refractivity contribution in [2.24, 2.45) is 0 Å². The second-order valence-corrected chi connectivity index (χ2v) is 7.14. The van der Waals surface area contributed by atoms with Crippen molar-refractivity contribution in [1.29, 1.82) is 0 Å². The molecule has 20 heavy (non-hydrogen) atoms. The van der Waals surface area contributed by atoms with Crippen molar-refractivity contribution in [3.63, 3.8) is 0 Å². The fourth-order valence-electron chi connectivity index (χ4n) is 1.94. The van der Waals surface area contributed by atoms with Gasteiger partial charge in [-0.2, -0.15) is 0 Å². The van der Waals surface area contributed by atoms with Gasteiger partial charge >= 0.3 is 0 Å². The zero-order chi connectivity index (χ0) is 14.1. The van der Waals surface area contributed by atoms with Crippen molar-refractivity contribution in [3.8, 4) is 5.69 Å². The van der Waals surface area contributed by atoms with E-state index in [1.54, 1.807) is 16.3 Å². The van der Waals surface area contributed by atoms with Crippen molar-refractivity contribution < 1.29 is 0 Å². The van der Waals surface area contributed by atoms with Crippen molar-refractivity contribution in [1.82, 2.24) is 9.55 Å².